The Morgan fingerprint density at radius 1 is 1.25 bits per heavy atom. The van der Waals surface area contributed by atoms with Crippen LogP contribution in [0.25, 0.3) is 0 Å². The van der Waals surface area contributed by atoms with E-state index in [1.54, 1.807) is 0 Å². The molecule has 0 radical (unpaired) electrons. The van der Waals surface area contributed by atoms with Crippen molar-refractivity contribution in [3.05, 3.63) is 0 Å². The molecule has 3 saturated heterocycles. The number of fused-ring (bicyclic) bond motifs is 1. The Morgan fingerprint density at radius 3 is 2.88 bits per heavy atom. The molecule has 92 valence electrons. The van der Waals surface area contributed by atoms with Crippen molar-refractivity contribution in [3.63, 3.8) is 0 Å². The van der Waals surface area contributed by atoms with Gasteiger partial charge >= 0.3 is 0 Å². The van der Waals surface area contributed by atoms with Crippen LogP contribution in [0, 0.1) is 11.8 Å². The smallest absolute Gasteiger partial charge is 0.0215 e. The third kappa shape index (κ3) is 1.81. The minimum atomic E-state index is 0.811. The second-order valence-electron chi connectivity index (χ2n) is 5.81. The molecule has 0 saturated carbocycles. The van der Waals surface area contributed by atoms with Gasteiger partial charge in [-0.1, -0.05) is 6.92 Å². The maximum Gasteiger partial charge on any atom is 0.0215 e. The van der Waals surface area contributed by atoms with Crippen LogP contribution in [0.4, 0.5) is 0 Å². The van der Waals surface area contributed by atoms with Gasteiger partial charge in [0.2, 0.25) is 0 Å². The van der Waals surface area contributed by atoms with E-state index in [9.17, 15) is 0 Å². The zero-order chi connectivity index (χ0) is 11.1. The van der Waals surface area contributed by atoms with Crippen LogP contribution in [0.15, 0.2) is 0 Å². The minimum Gasteiger partial charge on any atom is -0.316 e. The molecule has 0 aromatic carbocycles. The Labute approximate surface area is 104 Å². The molecule has 3 aliphatic heterocycles. The van der Waals surface area contributed by atoms with Crippen LogP contribution < -0.4 is 5.32 Å². The van der Waals surface area contributed by atoms with Crippen molar-refractivity contribution in [1.82, 2.24) is 10.2 Å². The van der Waals surface area contributed by atoms with E-state index in [-0.39, 0.29) is 0 Å². The van der Waals surface area contributed by atoms with E-state index in [2.05, 4.69) is 35.8 Å². The summed E-state index contributed by atoms with van der Waals surface area (Å²) < 4.78 is 0. The number of nitrogens with zero attached hydrogens (tertiary/aromatic N) is 1. The summed E-state index contributed by atoms with van der Waals surface area (Å²) in [6, 6.07) is 1.67. The Morgan fingerprint density at radius 2 is 2.12 bits per heavy atom. The van der Waals surface area contributed by atoms with E-state index in [0.717, 1.165) is 29.2 Å². The Kier molecular flexibility index (Phi) is 3.20. The average Bonchev–Trinajstić information content (AvgIpc) is 2.83. The van der Waals surface area contributed by atoms with E-state index in [1.165, 1.54) is 38.2 Å². The fourth-order valence-corrected chi connectivity index (χ4v) is 5.20. The van der Waals surface area contributed by atoms with Crippen LogP contribution in [0.3, 0.4) is 0 Å². The quantitative estimate of drug-likeness (QED) is 0.752. The van der Waals surface area contributed by atoms with Gasteiger partial charge in [-0.25, -0.2) is 0 Å². The molecule has 16 heavy (non-hydrogen) atoms. The highest BCUT2D eigenvalue weighted by Crippen LogP contribution is 2.38. The van der Waals surface area contributed by atoms with E-state index >= 15 is 0 Å². The van der Waals surface area contributed by atoms with Gasteiger partial charge in [0.25, 0.3) is 0 Å². The number of likely N-dealkylation sites (tertiary alicyclic amines) is 1. The molecule has 1 N–H and O–H groups in total. The normalized spacial score (nSPS) is 49.5. The van der Waals surface area contributed by atoms with Crippen LogP contribution in [-0.4, -0.2) is 47.6 Å². The zero-order valence-electron chi connectivity index (χ0n) is 10.5. The van der Waals surface area contributed by atoms with Crippen molar-refractivity contribution in [2.24, 2.45) is 11.8 Å². The molecule has 0 amide bonds. The fraction of sp³-hybridized carbons (Fsp3) is 1.00. The fourth-order valence-electron chi connectivity index (χ4n) is 3.98. The first-order valence-corrected chi connectivity index (χ1v) is 7.90. The molecule has 0 aliphatic carbocycles. The van der Waals surface area contributed by atoms with Crippen molar-refractivity contribution in [2.45, 2.75) is 44.0 Å². The summed E-state index contributed by atoms with van der Waals surface area (Å²) in [5, 5.41) is 4.41. The van der Waals surface area contributed by atoms with E-state index < -0.39 is 0 Å². The summed E-state index contributed by atoms with van der Waals surface area (Å²) in [4.78, 5) is 2.84. The first-order chi connectivity index (χ1) is 7.77. The lowest BCUT2D eigenvalue weighted by atomic mass is 9.95. The topological polar surface area (TPSA) is 15.3 Å². The monoisotopic (exact) mass is 240 g/mol. The van der Waals surface area contributed by atoms with E-state index in [4.69, 9.17) is 0 Å². The van der Waals surface area contributed by atoms with Crippen molar-refractivity contribution in [1.29, 1.82) is 0 Å². The van der Waals surface area contributed by atoms with Gasteiger partial charge in [0, 0.05) is 23.9 Å². The van der Waals surface area contributed by atoms with Gasteiger partial charge in [0.1, 0.15) is 0 Å². The number of thioether (sulfide) groups is 1. The number of nitrogens with one attached hydrogen (secondary N) is 1. The first kappa shape index (κ1) is 11.4. The summed E-state index contributed by atoms with van der Waals surface area (Å²) in [6.07, 6.45) is 2.86. The van der Waals surface area contributed by atoms with Gasteiger partial charge in [0.05, 0.1) is 0 Å². The minimum absolute atomic E-state index is 0.811. The van der Waals surface area contributed by atoms with Crippen LogP contribution in [0.5, 0.6) is 0 Å². The molecule has 3 heterocycles. The predicted molar refractivity (Wildman–Crippen MR) is 71.0 cm³/mol. The van der Waals surface area contributed by atoms with Gasteiger partial charge in [-0.3, -0.25) is 4.90 Å². The molecule has 5 unspecified atom stereocenters. The lowest BCUT2D eigenvalue weighted by molar-refractivity contribution is 0.157. The summed E-state index contributed by atoms with van der Waals surface area (Å²) in [6.45, 7) is 8.78. The molecule has 3 heteroatoms. The molecule has 0 spiro atoms. The second kappa shape index (κ2) is 4.51. The van der Waals surface area contributed by atoms with Gasteiger partial charge in [-0.2, -0.15) is 11.8 Å². The molecular weight excluding hydrogens is 216 g/mol. The summed E-state index contributed by atoms with van der Waals surface area (Å²) in [7, 11) is 0. The largest absolute Gasteiger partial charge is 0.316 e. The molecule has 2 nitrogen and oxygen atoms in total. The maximum atomic E-state index is 3.56. The standard InChI is InChI=1S/C13H24N2S/c1-9-12-7-14-6-11(12)8-15(9)13-4-3-5-16-10(13)2/h9-14H,3-8H2,1-2H3. The second-order valence-corrected chi connectivity index (χ2v) is 7.29. The average molecular weight is 240 g/mol. The van der Waals surface area contributed by atoms with Crippen molar-refractivity contribution < 1.29 is 0 Å². The van der Waals surface area contributed by atoms with Gasteiger partial charge in [-0.15, -0.1) is 0 Å². The van der Waals surface area contributed by atoms with Gasteiger partial charge < -0.3 is 5.32 Å². The van der Waals surface area contributed by atoms with Crippen LogP contribution in [0.1, 0.15) is 26.7 Å². The highest BCUT2D eigenvalue weighted by atomic mass is 32.2. The SMILES string of the molecule is CC1SCCCC1N1CC2CNCC2C1C. The molecule has 0 aromatic rings. The third-order valence-electron chi connectivity index (χ3n) is 4.97. The molecule has 3 aliphatic rings. The maximum absolute atomic E-state index is 3.56. The first-order valence-electron chi connectivity index (χ1n) is 6.85. The highest BCUT2D eigenvalue weighted by molar-refractivity contribution is 7.99. The van der Waals surface area contributed by atoms with Crippen LogP contribution in [0.2, 0.25) is 0 Å². The summed E-state index contributed by atoms with van der Waals surface area (Å²) in [5.41, 5.74) is 0. The Bertz CT molecular complexity index is 258. The van der Waals surface area contributed by atoms with E-state index in [0.29, 0.717) is 0 Å². The number of hydrogen-bond acceptors (Lipinski definition) is 3. The van der Waals surface area contributed by atoms with Gasteiger partial charge in [0.15, 0.2) is 0 Å². The summed E-state index contributed by atoms with van der Waals surface area (Å²) >= 11 is 2.19. The number of hydrogen-bond donors (Lipinski definition) is 1. The highest BCUT2D eigenvalue weighted by Gasteiger charge is 2.45. The Hall–Kier alpha value is 0.270. The van der Waals surface area contributed by atoms with Crippen molar-refractivity contribution in [2.75, 3.05) is 25.4 Å². The molecule has 5 atom stereocenters. The lowest BCUT2D eigenvalue weighted by Gasteiger charge is -2.39. The summed E-state index contributed by atoms with van der Waals surface area (Å²) in [5.74, 6) is 3.25. The van der Waals surface area contributed by atoms with E-state index in [1.807, 2.05) is 0 Å². The third-order valence-corrected chi connectivity index (χ3v) is 6.34. The van der Waals surface area contributed by atoms with Crippen molar-refractivity contribution in [3.8, 4) is 0 Å². The lowest BCUT2D eigenvalue weighted by Crippen LogP contribution is -2.47. The molecule has 0 aromatic heterocycles. The van der Waals surface area contributed by atoms with Crippen LogP contribution in [-0.2, 0) is 0 Å². The zero-order valence-corrected chi connectivity index (χ0v) is 11.3. The molecule has 3 fully saturated rings. The molecule has 3 rings (SSSR count). The van der Waals surface area contributed by atoms with Crippen molar-refractivity contribution >= 4 is 11.8 Å². The molecular formula is C13H24N2S. The van der Waals surface area contributed by atoms with Gasteiger partial charge in [-0.05, 0) is 50.4 Å². The molecule has 0 bridgehead atoms. The number of rotatable bonds is 1. The Balaban J connectivity index is 1.70. The predicted octanol–water partition coefficient (Wildman–Crippen LogP) is 1.81. The van der Waals surface area contributed by atoms with Crippen LogP contribution >= 0.6 is 11.8 Å².